The van der Waals surface area contributed by atoms with Gasteiger partial charge in [0.25, 0.3) is 0 Å². The molecule has 3 nitrogen and oxygen atoms in total. The zero-order chi connectivity index (χ0) is 18.7. The average molecular weight is 405 g/mol. The van der Waals surface area contributed by atoms with E-state index >= 15 is 0 Å². The number of hydrogen-bond acceptors (Lipinski definition) is 3. The van der Waals surface area contributed by atoms with Crippen molar-refractivity contribution in [3.05, 3.63) is 81.5 Å². The van der Waals surface area contributed by atoms with Gasteiger partial charge in [0.15, 0.2) is 17.4 Å². The second kappa shape index (κ2) is 7.95. The SMILES string of the molecule is Cc1ccc[n+](C(C(=S)Nc2ccccc2F)=C([O-])c2ccc(Cl)s2)c1. The topological polar surface area (TPSA) is 39.0 Å². The largest absolute Gasteiger partial charge is 0.867 e. The van der Waals surface area contributed by atoms with Crippen LogP contribution in [-0.4, -0.2) is 4.99 Å². The van der Waals surface area contributed by atoms with Crippen LogP contribution in [0.15, 0.2) is 60.9 Å². The van der Waals surface area contributed by atoms with Crippen LogP contribution in [0.25, 0.3) is 11.5 Å². The molecular formula is C19H14ClFN2OS2. The number of benzene rings is 1. The van der Waals surface area contributed by atoms with Crippen LogP contribution in [0.5, 0.6) is 0 Å². The Labute approximate surface area is 165 Å². The molecule has 0 unspecified atom stereocenters. The van der Waals surface area contributed by atoms with E-state index in [-0.39, 0.29) is 22.1 Å². The Morgan fingerprint density at radius 2 is 1.96 bits per heavy atom. The molecule has 1 N–H and O–H groups in total. The predicted octanol–water partition coefficient (Wildman–Crippen LogP) is 4.26. The first-order valence-electron chi connectivity index (χ1n) is 7.67. The highest BCUT2D eigenvalue weighted by atomic mass is 35.5. The van der Waals surface area contributed by atoms with E-state index in [4.69, 9.17) is 23.8 Å². The van der Waals surface area contributed by atoms with Crippen LogP contribution in [0.4, 0.5) is 10.1 Å². The van der Waals surface area contributed by atoms with Gasteiger partial charge in [0.2, 0.25) is 5.70 Å². The van der Waals surface area contributed by atoms with Crippen LogP contribution in [0, 0.1) is 12.7 Å². The average Bonchev–Trinajstić information content (AvgIpc) is 3.04. The molecule has 0 bridgehead atoms. The summed E-state index contributed by atoms with van der Waals surface area (Å²) in [4.78, 5) is 0.580. The molecule has 0 aliphatic heterocycles. The lowest BCUT2D eigenvalue weighted by molar-refractivity contribution is -0.578. The molecule has 0 radical (unpaired) electrons. The van der Waals surface area contributed by atoms with E-state index in [0.29, 0.717) is 9.21 Å². The summed E-state index contributed by atoms with van der Waals surface area (Å²) in [6.45, 7) is 1.91. The van der Waals surface area contributed by atoms with Crippen molar-refractivity contribution in [2.75, 3.05) is 5.32 Å². The molecule has 3 rings (SSSR count). The predicted molar refractivity (Wildman–Crippen MR) is 106 cm³/mol. The first-order chi connectivity index (χ1) is 12.5. The van der Waals surface area contributed by atoms with Crippen LogP contribution in [0.3, 0.4) is 0 Å². The number of anilines is 1. The molecule has 7 heteroatoms. The molecule has 2 aromatic heterocycles. The zero-order valence-electron chi connectivity index (χ0n) is 13.7. The molecule has 0 atom stereocenters. The summed E-state index contributed by atoms with van der Waals surface area (Å²) in [6.07, 6.45) is 3.52. The Morgan fingerprint density at radius 3 is 2.62 bits per heavy atom. The van der Waals surface area contributed by atoms with Gasteiger partial charge in [-0.2, -0.15) is 4.57 Å². The van der Waals surface area contributed by atoms with Crippen LogP contribution in [-0.2, 0) is 0 Å². The number of halogens is 2. The van der Waals surface area contributed by atoms with E-state index < -0.39 is 5.82 Å². The summed E-state index contributed by atoms with van der Waals surface area (Å²) in [6, 6.07) is 13.2. The van der Waals surface area contributed by atoms with Crippen molar-refractivity contribution in [1.82, 2.24) is 0 Å². The van der Waals surface area contributed by atoms with Gasteiger partial charge in [0.1, 0.15) is 5.82 Å². The van der Waals surface area contributed by atoms with Gasteiger partial charge in [-0.25, -0.2) is 4.39 Å². The molecule has 0 aliphatic carbocycles. The van der Waals surface area contributed by atoms with Crippen molar-refractivity contribution in [2.45, 2.75) is 6.92 Å². The normalized spacial score (nSPS) is 11.8. The van der Waals surface area contributed by atoms with Gasteiger partial charge in [-0.05, 0) is 43.0 Å². The maximum atomic E-state index is 14.0. The minimum Gasteiger partial charge on any atom is -0.867 e. The first-order valence-corrected chi connectivity index (χ1v) is 9.27. The summed E-state index contributed by atoms with van der Waals surface area (Å²) < 4.78 is 16.1. The highest BCUT2D eigenvalue weighted by Gasteiger charge is 2.20. The van der Waals surface area contributed by atoms with Gasteiger partial charge >= 0.3 is 0 Å². The van der Waals surface area contributed by atoms with Gasteiger partial charge < -0.3 is 10.4 Å². The van der Waals surface area contributed by atoms with E-state index in [0.717, 1.165) is 5.56 Å². The number of nitrogens with one attached hydrogen (secondary N) is 1. The van der Waals surface area contributed by atoms with Crippen molar-refractivity contribution in [1.29, 1.82) is 0 Å². The molecule has 26 heavy (non-hydrogen) atoms. The second-order valence-electron chi connectivity index (χ2n) is 5.50. The van der Waals surface area contributed by atoms with Crippen molar-refractivity contribution in [3.63, 3.8) is 0 Å². The van der Waals surface area contributed by atoms with Gasteiger partial charge in [-0.3, -0.25) is 0 Å². The number of aryl methyl sites for hydroxylation is 1. The van der Waals surface area contributed by atoms with Gasteiger partial charge in [-0.1, -0.05) is 36.0 Å². The van der Waals surface area contributed by atoms with Crippen molar-refractivity contribution < 1.29 is 14.1 Å². The Hall–Kier alpha value is -2.28. The molecule has 132 valence electrons. The Morgan fingerprint density at radius 1 is 1.19 bits per heavy atom. The van der Waals surface area contributed by atoms with Crippen molar-refractivity contribution in [3.8, 4) is 0 Å². The highest BCUT2D eigenvalue weighted by Crippen LogP contribution is 2.27. The third kappa shape index (κ3) is 4.09. The lowest BCUT2D eigenvalue weighted by atomic mass is 10.2. The molecule has 0 aliphatic rings. The Bertz CT molecular complexity index is 1000. The summed E-state index contributed by atoms with van der Waals surface area (Å²) in [7, 11) is 0. The van der Waals surface area contributed by atoms with Crippen LogP contribution >= 0.6 is 35.2 Å². The number of aromatic nitrogens is 1. The fourth-order valence-electron chi connectivity index (χ4n) is 2.37. The minimum absolute atomic E-state index is 0.125. The summed E-state index contributed by atoms with van der Waals surface area (Å²) in [5.74, 6) is -0.735. The Kier molecular flexibility index (Phi) is 5.66. The van der Waals surface area contributed by atoms with Crippen LogP contribution in [0.1, 0.15) is 10.4 Å². The number of thiophene rings is 1. The molecule has 0 amide bonds. The monoisotopic (exact) mass is 404 g/mol. The van der Waals surface area contributed by atoms with Gasteiger partial charge in [0.05, 0.1) is 10.0 Å². The van der Waals surface area contributed by atoms with Crippen molar-refractivity contribution >= 4 is 57.3 Å². The summed E-state index contributed by atoms with van der Waals surface area (Å²) >= 11 is 12.6. The quantitative estimate of drug-likeness (QED) is 0.305. The van der Waals surface area contributed by atoms with Crippen LogP contribution in [0.2, 0.25) is 4.34 Å². The minimum atomic E-state index is -0.449. The van der Waals surface area contributed by atoms with Gasteiger partial charge in [-0.15, -0.1) is 11.3 Å². The second-order valence-corrected chi connectivity index (χ2v) is 7.63. The fraction of sp³-hybridized carbons (Fsp3) is 0.0526. The van der Waals surface area contributed by atoms with Crippen molar-refractivity contribution in [2.24, 2.45) is 0 Å². The molecule has 0 fully saturated rings. The smallest absolute Gasteiger partial charge is 0.239 e. The molecule has 0 saturated heterocycles. The Balaban J connectivity index is 2.09. The number of hydrogen-bond donors (Lipinski definition) is 1. The maximum Gasteiger partial charge on any atom is 0.239 e. The maximum absolute atomic E-state index is 14.0. The summed E-state index contributed by atoms with van der Waals surface area (Å²) in [5.41, 5.74) is 1.39. The van der Waals surface area contributed by atoms with E-state index in [2.05, 4.69) is 5.32 Å². The number of nitrogens with zero attached hydrogens (tertiary/aromatic N) is 1. The highest BCUT2D eigenvalue weighted by molar-refractivity contribution is 7.81. The summed E-state index contributed by atoms with van der Waals surface area (Å²) in [5, 5.41) is 15.9. The van der Waals surface area contributed by atoms with E-state index in [1.165, 1.54) is 17.4 Å². The third-order valence-corrected chi connectivity index (χ3v) is 5.08. The number of rotatable bonds is 4. The van der Waals surface area contributed by atoms with E-state index in [1.807, 2.05) is 19.1 Å². The number of thiocarbonyl (C=S) groups is 1. The molecule has 1 aromatic carbocycles. The third-order valence-electron chi connectivity index (χ3n) is 3.56. The first kappa shape index (κ1) is 18.5. The van der Waals surface area contributed by atoms with Crippen LogP contribution < -0.4 is 15.0 Å². The molecular weight excluding hydrogens is 391 g/mol. The molecule has 0 saturated carbocycles. The number of pyridine rings is 1. The zero-order valence-corrected chi connectivity index (χ0v) is 16.1. The lowest BCUT2D eigenvalue weighted by Gasteiger charge is -2.16. The van der Waals surface area contributed by atoms with E-state index in [9.17, 15) is 9.50 Å². The fourth-order valence-corrected chi connectivity index (χ4v) is 3.66. The number of para-hydroxylation sites is 1. The standard InChI is InChI=1S/C19H14ClFN2OS2/c1-12-5-4-10-23(11-12)17(18(24)15-8-9-16(20)26-15)19(25)22-14-7-3-2-6-13(14)21/h2-11H,1H3,(H-,22,24,25). The van der Waals surface area contributed by atoms with Gasteiger partial charge in [0, 0.05) is 16.5 Å². The molecule has 0 spiro atoms. The molecule has 3 aromatic rings. The van der Waals surface area contributed by atoms with E-state index in [1.54, 1.807) is 47.3 Å². The lowest BCUT2D eigenvalue weighted by Crippen LogP contribution is -2.40. The molecule has 2 heterocycles.